The van der Waals surface area contributed by atoms with E-state index >= 15 is 0 Å². The highest BCUT2D eigenvalue weighted by Crippen LogP contribution is 2.59. The maximum absolute atomic E-state index is 13.1. The molecule has 1 heterocycles. The lowest BCUT2D eigenvalue weighted by molar-refractivity contribution is 0.0435. The van der Waals surface area contributed by atoms with E-state index in [-0.39, 0.29) is 11.1 Å². The van der Waals surface area contributed by atoms with Crippen molar-refractivity contribution in [3.63, 3.8) is 0 Å². The minimum absolute atomic E-state index is 0.104. The molecule has 0 amide bonds. The van der Waals surface area contributed by atoms with Gasteiger partial charge in [0.1, 0.15) is 0 Å². The summed E-state index contributed by atoms with van der Waals surface area (Å²) in [7, 11) is -5.96. The predicted molar refractivity (Wildman–Crippen MR) is 136 cm³/mol. The van der Waals surface area contributed by atoms with E-state index in [0.29, 0.717) is 25.6 Å². The van der Waals surface area contributed by atoms with Gasteiger partial charge in [0.2, 0.25) is 5.18 Å². The quantitative estimate of drug-likeness (QED) is 0.332. The molecule has 3 rings (SSSR count). The average molecular weight is 495 g/mol. The summed E-state index contributed by atoms with van der Waals surface area (Å²) >= 11 is 1.49. The molecule has 0 radical (unpaired) electrons. The summed E-state index contributed by atoms with van der Waals surface area (Å²) in [5.74, 6) is 0.688. The monoisotopic (exact) mass is 494 g/mol. The van der Waals surface area contributed by atoms with E-state index in [0.717, 1.165) is 0 Å². The fourth-order valence-corrected chi connectivity index (χ4v) is 12.3. The molecule has 1 saturated heterocycles. The Bertz CT molecular complexity index is 841. The molecule has 0 spiro atoms. The summed E-state index contributed by atoms with van der Waals surface area (Å²) in [6.45, 7) is 11.5. The number of benzene rings is 2. The maximum Gasteiger partial charge on any atom is 0.369 e. The Balaban J connectivity index is 1.87. The summed E-state index contributed by atoms with van der Waals surface area (Å²) in [4.78, 5) is 0. The zero-order valence-corrected chi connectivity index (χ0v) is 22.4. The molecule has 0 bridgehead atoms. The number of ether oxygens (including phenoxy) is 1. The van der Waals surface area contributed by atoms with Gasteiger partial charge in [0.25, 0.3) is 8.32 Å². The molecule has 8 heteroatoms. The molecule has 0 aromatic heterocycles. The highest BCUT2D eigenvalue weighted by Gasteiger charge is 2.51. The van der Waals surface area contributed by atoms with E-state index in [1.165, 1.54) is 22.1 Å². The molecule has 0 saturated carbocycles. The van der Waals surface area contributed by atoms with Gasteiger partial charge in [-0.25, -0.2) is 0 Å². The van der Waals surface area contributed by atoms with Gasteiger partial charge in [0.05, 0.1) is 25.9 Å². The third kappa shape index (κ3) is 5.41. The zero-order chi connectivity index (χ0) is 23.2. The van der Waals surface area contributed by atoms with Crippen LogP contribution in [0.5, 0.6) is 0 Å². The summed E-state index contributed by atoms with van der Waals surface area (Å²) in [5, 5.41) is 1.74. The van der Waals surface area contributed by atoms with Crippen LogP contribution in [0.4, 0.5) is 0 Å². The first kappa shape index (κ1) is 25.7. The van der Waals surface area contributed by atoms with Gasteiger partial charge in [-0.15, -0.1) is 11.8 Å². The third-order valence-corrected chi connectivity index (χ3v) is 14.6. The van der Waals surface area contributed by atoms with Crippen LogP contribution in [0.2, 0.25) is 5.04 Å². The van der Waals surface area contributed by atoms with Crippen LogP contribution in [0.3, 0.4) is 0 Å². The van der Waals surface area contributed by atoms with Crippen molar-refractivity contribution in [3.05, 3.63) is 60.7 Å². The molecule has 32 heavy (non-hydrogen) atoms. The molecule has 5 nitrogen and oxygen atoms in total. The van der Waals surface area contributed by atoms with E-state index in [1.54, 1.807) is 0 Å². The molecule has 0 N–H and O–H groups in total. The lowest BCUT2D eigenvalue weighted by Gasteiger charge is -2.43. The molecule has 176 valence electrons. The van der Waals surface area contributed by atoms with Crippen molar-refractivity contribution < 1.29 is 22.8 Å². The van der Waals surface area contributed by atoms with Crippen molar-refractivity contribution in [1.29, 1.82) is 0 Å². The van der Waals surface area contributed by atoms with Gasteiger partial charge in [0, 0.05) is 5.75 Å². The van der Waals surface area contributed by atoms with Crippen LogP contribution < -0.4 is 10.4 Å². The molecule has 1 fully saturated rings. The van der Waals surface area contributed by atoms with E-state index in [2.05, 4.69) is 69.3 Å². The number of thioether (sulfide) groups is 1. The molecule has 1 aliphatic heterocycles. The number of hydrogen-bond donors (Lipinski definition) is 0. The average Bonchev–Trinajstić information content (AvgIpc) is 3.25. The van der Waals surface area contributed by atoms with Crippen LogP contribution >= 0.6 is 19.4 Å². The highest BCUT2D eigenvalue weighted by molar-refractivity contribution is 8.05. The Morgan fingerprint density at radius 1 is 0.969 bits per heavy atom. The van der Waals surface area contributed by atoms with Crippen LogP contribution in [-0.4, -0.2) is 45.2 Å². The van der Waals surface area contributed by atoms with Crippen LogP contribution in [-0.2, 0) is 22.8 Å². The maximum atomic E-state index is 13.1. The van der Waals surface area contributed by atoms with Gasteiger partial charge in [-0.1, -0.05) is 81.4 Å². The van der Waals surface area contributed by atoms with Crippen LogP contribution in [0.1, 0.15) is 34.6 Å². The van der Waals surface area contributed by atoms with Crippen LogP contribution in [0, 0.1) is 0 Å². The fourth-order valence-electron chi connectivity index (χ4n) is 4.18. The number of rotatable bonds is 10. The fraction of sp³-hybridized carbons (Fsp3) is 0.500. The Morgan fingerprint density at radius 3 is 1.91 bits per heavy atom. The normalized spacial score (nSPS) is 19.9. The summed E-state index contributed by atoms with van der Waals surface area (Å²) < 4.78 is 37.3. The molecule has 0 aliphatic carbocycles. The van der Waals surface area contributed by atoms with E-state index < -0.39 is 21.1 Å². The smallest absolute Gasteiger partial charge is 0.369 e. The van der Waals surface area contributed by atoms with Crippen molar-refractivity contribution in [2.75, 3.05) is 25.6 Å². The van der Waals surface area contributed by atoms with Gasteiger partial charge >= 0.3 is 7.60 Å². The van der Waals surface area contributed by atoms with Crippen LogP contribution in [0.15, 0.2) is 60.7 Å². The summed E-state index contributed by atoms with van der Waals surface area (Å²) in [6, 6.07) is 21.1. The Kier molecular flexibility index (Phi) is 8.83. The largest absolute Gasteiger partial charge is 0.405 e. The molecule has 1 aliphatic rings. The highest BCUT2D eigenvalue weighted by atomic mass is 32.2. The predicted octanol–water partition coefficient (Wildman–Crippen LogP) is 5.24. The first-order valence-corrected chi connectivity index (χ1v) is 15.7. The minimum atomic E-state index is -3.32. The molecular weight excluding hydrogens is 459 g/mol. The lowest BCUT2D eigenvalue weighted by Crippen LogP contribution is -2.67. The second kappa shape index (κ2) is 11.0. The minimum Gasteiger partial charge on any atom is -0.405 e. The molecule has 2 aromatic rings. The number of hydrogen-bond acceptors (Lipinski definition) is 6. The summed E-state index contributed by atoms with van der Waals surface area (Å²) in [5.41, 5.74) is 0. The molecular formula is C24H35O5PSSi. The van der Waals surface area contributed by atoms with Gasteiger partial charge in [-0.05, 0) is 29.3 Å². The van der Waals surface area contributed by atoms with E-state index in [1.807, 2.05) is 26.0 Å². The van der Waals surface area contributed by atoms with Crippen LogP contribution in [0.25, 0.3) is 0 Å². The SMILES string of the molecule is CCOP(=O)(OCC)[C@H]1O[C@H](CO[Si](c2ccccc2)(c2ccccc2)C(C)(C)C)CS1. The van der Waals surface area contributed by atoms with Crippen molar-refractivity contribution in [1.82, 2.24) is 0 Å². The molecule has 2 aromatic carbocycles. The van der Waals surface area contributed by atoms with Crippen molar-refractivity contribution in [3.8, 4) is 0 Å². The zero-order valence-electron chi connectivity index (χ0n) is 19.7. The first-order valence-electron chi connectivity index (χ1n) is 11.2. The van der Waals surface area contributed by atoms with E-state index in [9.17, 15) is 4.57 Å². The van der Waals surface area contributed by atoms with Crippen molar-refractivity contribution >= 4 is 38.0 Å². The molecule has 2 atom stereocenters. The first-order chi connectivity index (χ1) is 15.3. The van der Waals surface area contributed by atoms with E-state index in [4.69, 9.17) is 18.2 Å². The Labute approximate surface area is 197 Å². The molecule has 0 unspecified atom stereocenters. The van der Waals surface area contributed by atoms with Gasteiger partial charge in [-0.3, -0.25) is 4.57 Å². The second-order valence-electron chi connectivity index (χ2n) is 8.75. The Hall–Kier alpha value is -0.923. The lowest BCUT2D eigenvalue weighted by atomic mass is 10.2. The van der Waals surface area contributed by atoms with Gasteiger partial charge in [-0.2, -0.15) is 0 Å². The van der Waals surface area contributed by atoms with Gasteiger partial charge in [0.15, 0.2) is 0 Å². The van der Waals surface area contributed by atoms with Crippen molar-refractivity contribution in [2.45, 2.75) is 50.9 Å². The standard InChI is InChI=1S/C24H35O5PSSi/c1-6-26-30(25,27-7-2)23-29-20(19-31-23)18-28-32(24(3,4)5,21-14-10-8-11-15-21)22-16-12-9-13-17-22/h8-17,20,23H,6-7,18-19H2,1-5H3/t20-,23-/m1/s1. The second-order valence-corrected chi connectivity index (χ2v) is 16.6. The van der Waals surface area contributed by atoms with Gasteiger partial charge < -0.3 is 18.2 Å². The topological polar surface area (TPSA) is 54.0 Å². The summed E-state index contributed by atoms with van der Waals surface area (Å²) in [6.07, 6.45) is -0.180. The Morgan fingerprint density at radius 2 is 1.47 bits per heavy atom. The third-order valence-electron chi connectivity index (χ3n) is 5.51. The van der Waals surface area contributed by atoms with Crippen molar-refractivity contribution in [2.24, 2.45) is 0 Å².